The van der Waals surface area contributed by atoms with Gasteiger partial charge in [-0.3, -0.25) is 14.4 Å². The number of aliphatic carboxylic acids is 1. The van der Waals surface area contributed by atoms with Crippen LogP contribution >= 0.6 is 11.8 Å². The van der Waals surface area contributed by atoms with Crippen LogP contribution in [0.4, 0.5) is 0 Å². The molecular formula is C25H31NO4S. The molecule has 0 bridgehead atoms. The van der Waals surface area contributed by atoms with Crippen molar-refractivity contribution in [3.63, 3.8) is 0 Å². The Labute approximate surface area is 188 Å². The fraction of sp³-hybridized carbons (Fsp3) is 0.400. The van der Waals surface area contributed by atoms with Gasteiger partial charge in [-0.1, -0.05) is 87.1 Å². The van der Waals surface area contributed by atoms with Gasteiger partial charge in [-0.2, -0.15) is 0 Å². The maximum Gasteiger partial charge on any atom is 0.303 e. The second-order valence-electron chi connectivity index (χ2n) is 8.05. The first-order chi connectivity index (χ1) is 14.7. The number of nitrogens with one attached hydrogen (secondary N) is 1. The van der Waals surface area contributed by atoms with Gasteiger partial charge >= 0.3 is 5.97 Å². The van der Waals surface area contributed by atoms with E-state index in [-0.39, 0.29) is 41.1 Å². The number of thioether (sulfide) groups is 1. The molecule has 0 unspecified atom stereocenters. The maximum absolute atomic E-state index is 12.4. The predicted molar refractivity (Wildman–Crippen MR) is 126 cm³/mol. The van der Waals surface area contributed by atoms with Gasteiger partial charge in [0.05, 0.1) is 6.42 Å². The summed E-state index contributed by atoms with van der Waals surface area (Å²) in [6.07, 6.45) is 0.819. The number of hydrogen-bond acceptors (Lipinski definition) is 4. The molecule has 0 aromatic heterocycles. The van der Waals surface area contributed by atoms with Gasteiger partial charge < -0.3 is 10.4 Å². The highest BCUT2D eigenvalue weighted by Crippen LogP contribution is 2.23. The molecule has 1 amide bonds. The number of carboxylic acids is 1. The van der Waals surface area contributed by atoms with E-state index in [9.17, 15) is 14.4 Å². The number of carbonyl (C=O) groups is 3. The van der Waals surface area contributed by atoms with Crippen molar-refractivity contribution in [2.75, 3.05) is 0 Å². The normalized spacial score (nSPS) is 12.9. The van der Waals surface area contributed by atoms with Gasteiger partial charge in [0.15, 0.2) is 5.12 Å². The van der Waals surface area contributed by atoms with Gasteiger partial charge in [0.25, 0.3) is 0 Å². The maximum atomic E-state index is 12.4. The van der Waals surface area contributed by atoms with Crippen molar-refractivity contribution in [1.29, 1.82) is 0 Å². The van der Waals surface area contributed by atoms with E-state index in [1.165, 1.54) is 11.8 Å². The minimum atomic E-state index is -1.000. The predicted octanol–water partition coefficient (Wildman–Crippen LogP) is 4.94. The summed E-state index contributed by atoms with van der Waals surface area (Å²) < 4.78 is 0. The Kier molecular flexibility index (Phi) is 9.79. The van der Waals surface area contributed by atoms with Crippen LogP contribution in [0, 0.1) is 5.92 Å². The fourth-order valence-electron chi connectivity index (χ4n) is 3.33. The molecule has 0 heterocycles. The molecule has 31 heavy (non-hydrogen) atoms. The molecule has 0 saturated carbocycles. The standard InChI is InChI=1S/C25H31NO4S/c1-17(2)31-25(30)18(3)15-22(26-23(27)13-14-24(28)29)16-19-9-11-21(12-10-19)20-7-5-4-6-8-20/h4-12,17-18,22H,13-16H2,1-3H3,(H,26,27)(H,28,29)/t18-,22+/m1/s1. The van der Waals surface area contributed by atoms with Crippen molar-refractivity contribution < 1.29 is 19.5 Å². The summed E-state index contributed by atoms with van der Waals surface area (Å²) in [5, 5.41) is 12.1. The summed E-state index contributed by atoms with van der Waals surface area (Å²) in [5.41, 5.74) is 3.31. The number of benzene rings is 2. The summed E-state index contributed by atoms with van der Waals surface area (Å²) in [4.78, 5) is 35.4. The number of carbonyl (C=O) groups excluding carboxylic acids is 2. The first-order valence-corrected chi connectivity index (χ1v) is 11.5. The van der Waals surface area contributed by atoms with Gasteiger partial charge in [-0.25, -0.2) is 0 Å². The van der Waals surface area contributed by atoms with Gasteiger partial charge in [-0.15, -0.1) is 0 Å². The van der Waals surface area contributed by atoms with E-state index in [2.05, 4.69) is 29.6 Å². The van der Waals surface area contributed by atoms with E-state index in [4.69, 9.17) is 5.11 Å². The van der Waals surface area contributed by atoms with E-state index in [0.717, 1.165) is 16.7 Å². The second-order valence-corrected chi connectivity index (χ2v) is 9.63. The summed E-state index contributed by atoms with van der Waals surface area (Å²) in [7, 11) is 0. The van der Waals surface area contributed by atoms with Crippen LogP contribution in [0.5, 0.6) is 0 Å². The van der Waals surface area contributed by atoms with Gasteiger partial charge in [0.2, 0.25) is 5.91 Å². The molecule has 2 rings (SSSR count). The van der Waals surface area contributed by atoms with Crippen molar-refractivity contribution in [1.82, 2.24) is 5.32 Å². The Morgan fingerprint density at radius 1 is 0.903 bits per heavy atom. The topological polar surface area (TPSA) is 83.5 Å². The van der Waals surface area contributed by atoms with Gasteiger partial charge in [0.1, 0.15) is 0 Å². The zero-order valence-electron chi connectivity index (χ0n) is 18.3. The minimum Gasteiger partial charge on any atom is -0.481 e. The Bertz CT molecular complexity index is 865. The summed E-state index contributed by atoms with van der Waals surface area (Å²) in [6, 6.07) is 18.0. The highest BCUT2D eigenvalue weighted by Gasteiger charge is 2.22. The molecule has 2 N–H and O–H groups in total. The van der Waals surface area contributed by atoms with Crippen LogP contribution in [0.1, 0.15) is 45.6 Å². The number of hydrogen-bond donors (Lipinski definition) is 2. The average Bonchev–Trinajstić information content (AvgIpc) is 2.73. The van der Waals surface area contributed by atoms with Crippen LogP contribution in [-0.2, 0) is 20.8 Å². The molecule has 2 aromatic carbocycles. The largest absolute Gasteiger partial charge is 0.481 e. The van der Waals surface area contributed by atoms with E-state index >= 15 is 0 Å². The van der Waals surface area contributed by atoms with E-state index in [1.807, 2.05) is 51.1 Å². The molecule has 0 aliphatic rings. The number of carboxylic acid groups (broad SMARTS) is 1. The Hall–Kier alpha value is -2.60. The van der Waals surface area contributed by atoms with Crippen molar-refractivity contribution in [2.45, 2.75) is 57.7 Å². The first kappa shape index (κ1) is 24.7. The van der Waals surface area contributed by atoms with Crippen LogP contribution < -0.4 is 5.32 Å². The van der Waals surface area contributed by atoms with Crippen molar-refractivity contribution in [2.24, 2.45) is 5.92 Å². The van der Waals surface area contributed by atoms with Crippen LogP contribution in [0.3, 0.4) is 0 Å². The Morgan fingerprint density at radius 3 is 2.10 bits per heavy atom. The zero-order valence-corrected chi connectivity index (χ0v) is 19.2. The molecule has 2 aromatic rings. The molecular weight excluding hydrogens is 410 g/mol. The third-order valence-corrected chi connectivity index (χ3v) is 5.97. The zero-order chi connectivity index (χ0) is 22.8. The van der Waals surface area contributed by atoms with E-state index in [1.54, 1.807) is 0 Å². The van der Waals surface area contributed by atoms with E-state index < -0.39 is 5.97 Å². The highest BCUT2D eigenvalue weighted by atomic mass is 32.2. The molecule has 2 atom stereocenters. The summed E-state index contributed by atoms with van der Waals surface area (Å²) >= 11 is 1.31. The molecule has 0 aliphatic carbocycles. The lowest BCUT2D eigenvalue weighted by molar-refractivity contribution is -0.138. The Morgan fingerprint density at radius 2 is 1.52 bits per heavy atom. The van der Waals surface area contributed by atoms with Crippen LogP contribution in [0.15, 0.2) is 54.6 Å². The molecule has 0 saturated heterocycles. The quantitative estimate of drug-likeness (QED) is 0.516. The smallest absolute Gasteiger partial charge is 0.303 e. The van der Waals surface area contributed by atoms with Crippen molar-refractivity contribution in [3.8, 4) is 11.1 Å². The number of amides is 1. The first-order valence-electron chi connectivity index (χ1n) is 10.6. The molecule has 0 aliphatic heterocycles. The van der Waals surface area contributed by atoms with Gasteiger partial charge in [-0.05, 0) is 29.5 Å². The SMILES string of the molecule is CC(C)SC(=O)[C@H](C)C[C@@H](Cc1ccc(-c2ccccc2)cc1)NC(=O)CCC(=O)O. The summed E-state index contributed by atoms with van der Waals surface area (Å²) in [6.45, 7) is 5.84. The lowest BCUT2D eigenvalue weighted by Crippen LogP contribution is -2.38. The third-order valence-electron chi connectivity index (χ3n) is 4.87. The molecule has 0 fully saturated rings. The summed E-state index contributed by atoms with van der Waals surface area (Å²) in [5.74, 6) is -1.51. The van der Waals surface area contributed by atoms with Crippen LogP contribution in [0.2, 0.25) is 0 Å². The molecule has 0 radical (unpaired) electrons. The lowest BCUT2D eigenvalue weighted by atomic mass is 9.95. The van der Waals surface area contributed by atoms with Crippen molar-refractivity contribution in [3.05, 3.63) is 60.2 Å². The van der Waals surface area contributed by atoms with Crippen LogP contribution in [0.25, 0.3) is 11.1 Å². The van der Waals surface area contributed by atoms with Gasteiger partial charge in [0, 0.05) is 23.6 Å². The molecule has 166 valence electrons. The molecule has 0 spiro atoms. The average molecular weight is 442 g/mol. The number of rotatable bonds is 11. The fourth-order valence-corrected chi connectivity index (χ4v) is 4.13. The second kappa shape index (κ2) is 12.3. The highest BCUT2D eigenvalue weighted by molar-refractivity contribution is 8.14. The minimum absolute atomic E-state index is 0.0676. The van der Waals surface area contributed by atoms with Crippen molar-refractivity contribution >= 4 is 28.8 Å². The lowest BCUT2D eigenvalue weighted by Gasteiger charge is -2.22. The molecule has 6 heteroatoms. The Balaban J connectivity index is 2.08. The molecule has 5 nitrogen and oxygen atoms in total. The van der Waals surface area contributed by atoms with E-state index in [0.29, 0.717) is 12.8 Å². The third kappa shape index (κ3) is 8.97. The monoisotopic (exact) mass is 441 g/mol. The van der Waals surface area contributed by atoms with Crippen LogP contribution in [-0.4, -0.2) is 33.4 Å².